The SMILES string of the molecule is CC(C)(C)NC(=O)N1CCC2C(C#Cc3cccc(Cl)c3)=NOC21. The second-order valence-corrected chi connectivity index (χ2v) is 7.44. The Balaban J connectivity index is 1.68. The maximum atomic E-state index is 12.4. The first-order valence-electron chi connectivity index (χ1n) is 7.93. The summed E-state index contributed by atoms with van der Waals surface area (Å²) in [7, 11) is 0. The van der Waals surface area contributed by atoms with Gasteiger partial charge in [0.15, 0.2) is 0 Å². The molecule has 126 valence electrons. The fourth-order valence-corrected chi connectivity index (χ4v) is 2.96. The van der Waals surface area contributed by atoms with Crippen LogP contribution in [0.3, 0.4) is 0 Å². The average Bonchev–Trinajstić information content (AvgIpc) is 3.05. The molecule has 0 aliphatic carbocycles. The van der Waals surface area contributed by atoms with Crippen LogP contribution in [0.2, 0.25) is 5.02 Å². The van der Waals surface area contributed by atoms with Crippen LogP contribution in [0.1, 0.15) is 32.8 Å². The molecule has 2 atom stereocenters. The number of benzene rings is 1. The zero-order valence-corrected chi connectivity index (χ0v) is 14.7. The third kappa shape index (κ3) is 3.65. The summed E-state index contributed by atoms with van der Waals surface area (Å²) < 4.78 is 0. The van der Waals surface area contributed by atoms with Gasteiger partial charge in [-0.1, -0.05) is 28.7 Å². The first-order chi connectivity index (χ1) is 11.3. The lowest BCUT2D eigenvalue weighted by atomic mass is 10.0. The van der Waals surface area contributed by atoms with Gasteiger partial charge in [0.25, 0.3) is 0 Å². The van der Waals surface area contributed by atoms with Crippen molar-refractivity contribution in [1.82, 2.24) is 10.2 Å². The van der Waals surface area contributed by atoms with E-state index in [2.05, 4.69) is 22.3 Å². The number of likely N-dealkylation sites (tertiary alicyclic amines) is 1. The molecule has 0 bridgehead atoms. The number of fused-ring (bicyclic) bond motifs is 1. The van der Waals surface area contributed by atoms with Crippen molar-refractivity contribution in [3.05, 3.63) is 34.9 Å². The van der Waals surface area contributed by atoms with Crippen molar-refractivity contribution in [2.75, 3.05) is 6.54 Å². The van der Waals surface area contributed by atoms with Crippen molar-refractivity contribution in [2.45, 2.75) is 39.0 Å². The van der Waals surface area contributed by atoms with Crippen LogP contribution in [-0.4, -0.2) is 35.0 Å². The van der Waals surface area contributed by atoms with Crippen molar-refractivity contribution in [3.63, 3.8) is 0 Å². The highest BCUT2D eigenvalue weighted by molar-refractivity contribution is 6.30. The number of hydrogen-bond acceptors (Lipinski definition) is 3. The molecule has 1 N–H and O–H groups in total. The zero-order valence-electron chi connectivity index (χ0n) is 14.0. The summed E-state index contributed by atoms with van der Waals surface area (Å²) in [5, 5.41) is 7.68. The molecule has 1 aromatic rings. The highest BCUT2D eigenvalue weighted by Crippen LogP contribution is 2.31. The summed E-state index contributed by atoms with van der Waals surface area (Å²) >= 11 is 5.96. The average molecular weight is 346 g/mol. The van der Waals surface area contributed by atoms with E-state index in [1.807, 2.05) is 39.0 Å². The molecule has 3 rings (SSSR count). The molecule has 2 aliphatic heterocycles. The number of nitrogens with one attached hydrogen (secondary N) is 1. The Morgan fingerprint density at radius 1 is 1.42 bits per heavy atom. The zero-order chi connectivity index (χ0) is 17.3. The fourth-order valence-electron chi connectivity index (χ4n) is 2.77. The first-order valence-corrected chi connectivity index (χ1v) is 8.31. The van der Waals surface area contributed by atoms with Gasteiger partial charge in [-0.15, -0.1) is 0 Å². The predicted molar refractivity (Wildman–Crippen MR) is 93.7 cm³/mol. The molecule has 1 fully saturated rings. The van der Waals surface area contributed by atoms with Crippen LogP contribution in [0.5, 0.6) is 0 Å². The summed E-state index contributed by atoms with van der Waals surface area (Å²) in [5.74, 6) is 6.15. The third-order valence-corrected chi connectivity index (χ3v) is 4.08. The molecule has 24 heavy (non-hydrogen) atoms. The van der Waals surface area contributed by atoms with E-state index < -0.39 is 0 Å². The molecule has 0 saturated carbocycles. The van der Waals surface area contributed by atoms with Crippen molar-refractivity contribution in [3.8, 4) is 11.8 Å². The second kappa shape index (κ2) is 6.37. The Morgan fingerprint density at radius 3 is 2.92 bits per heavy atom. The normalized spacial score (nSPS) is 22.2. The monoisotopic (exact) mass is 345 g/mol. The number of carbonyl (C=O) groups excluding carboxylic acids is 1. The number of hydrogen-bond donors (Lipinski definition) is 1. The molecule has 2 heterocycles. The van der Waals surface area contributed by atoms with Crippen LogP contribution in [0, 0.1) is 17.8 Å². The van der Waals surface area contributed by atoms with E-state index in [0.29, 0.717) is 17.3 Å². The molecule has 0 radical (unpaired) electrons. The Bertz CT molecular complexity index is 743. The minimum Gasteiger partial charge on any atom is -0.369 e. The summed E-state index contributed by atoms with van der Waals surface area (Å²) in [4.78, 5) is 19.5. The van der Waals surface area contributed by atoms with Crippen LogP contribution in [0.25, 0.3) is 0 Å². The number of carbonyl (C=O) groups is 1. The highest BCUT2D eigenvalue weighted by Gasteiger charge is 2.45. The van der Waals surface area contributed by atoms with Crippen molar-refractivity contribution in [1.29, 1.82) is 0 Å². The van der Waals surface area contributed by atoms with Gasteiger partial charge in [-0.3, -0.25) is 4.90 Å². The van der Waals surface area contributed by atoms with Crippen LogP contribution >= 0.6 is 11.6 Å². The van der Waals surface area contributed by atoms with E-state index in [4.69, 9.17) is 16.4 Å². The highest BCUT2D eigenvalue weighted by atomic mass is 35.5. The Kier molecular flexibility index (Phi) is 4.42. The fraction of sp³-hybridized carbons (Fsp3) is 0.444. The van der Waals surface area contributed by atoms with Gasteiger partial charge in [0.2, 0.25) is 6.23 Å². The van der Waals surface area contributed by atoms with Crippen molar-refractivity contribution >= 4 is 23.3 Å². The lowest BCUT2D eigenvalue weighted by Gasteiger charge is -2.27. The summed E-state index contributed by atoms with van der Waals surface area (Å²) in [6, 6.07) is 7.23. The molecule has 6 heteroatoms. The van der Waals surface area contributed by atoms with E-state index in [-0.39, 0.29) is 23.7 Å². The van der Waals surface area contributed by atoms with Crippen molar-refractivity contribution < 1.29 is 9.63 Å². The van der Waals surface area contributed by atoms with Crippen LogP contribution < -0.4 is 5.32 Å². The predicted octanol–water partition coefficient (Wildman–Crippen LogP) is 3.23. The Labute approximate surface area is 147 Å². The van der Waals surface area contributed by atoms with Crippen LogP contribution in [-0.2, 0) is 4.84 Å². The molecule has 2 unspecified atom stereocenters. The Morgan fingerprint density at radius 2 is 2.21 bits per heavy atom. The lowest BCUT2D eigenvalue weighted by molar-refractivity contribution is -0.00733. The maximum absolute atomic E-state index is 12.4. The van der Waals surface area contributed by atoms with E-state index >= 15 is 0 Å². The van der Waals surface area contributed by atoms with Crippen LogP contribution in [0.4, 0.5) is 4.79 Å². The van der Waals surface area contributed by atoms with Gasteiger partial charge in [-0.25, -0.2) is 4.79 Å². The first kappa shape index (κ1) is 16.7. The molecule has 2 amide bonds. The van der Waals surface area contributed by atoms with Crippen LogP contribution in [0.15, 0.2) is 29.4 Å². The Hall–Kier alpha value is -2.19. The number of amides is 2. The molecule has 0 spiro atoms. The topological polar surface area (TPSA) is 53.9 Å². The van der Waals surface area contributed by atoms with E-state index in [1.165, 1.54) is 0 Å². The molecule has 0 aromatic heterocycles. The largest absolute Gasteiger partial charge is 0.369 e. The van der Waals surface area contributed by atoms with Gasteiger partial charge in [-0.2, -0.15) is 0 Å². The maximum Gasteiger partial charge on any atom is 0.320 e. The number of oxime groups is 1. The van der Waals surface area contributed by atoms with E-state index in [0.717, 1.165) is 12.0 Å². The molecular formula is C18H20ClN3O2. The van der Waals surface area contributed by atoms with Gasteiger partial charge in [0, 0.05) is 22.7 Å². The summed E-state index contributed by atoms with van der Waals surface area (Å²) in [6.45, 7) is 6.49. The standard InChI is InChI=1S/C18H20ClN3O2/c1-18(2,3)20-17(23)22-10-9-14-15(21-24-16(14)22)8-7-12-5-4-6-13(19)11-12/h4-6,11,14,16H,9-10H2,1-3H3,(H,20,23). The number of halogens is 1. The molecule has 2 aliphatic rings. The van der Waals surface area contributed by atoms with E-state index in [1.54, 1.807) is 11.0 Å². The van der Waals surface area contributed by atoms with Gasteiger partial charge in [-0.05, 0) is 51.3 Å². The minimum absolute atomic E-state index is 0.0300. The second-order valence-electron chi connectivity index (χ2n) is 7.00. The minimum atomic E-state index is -0.365. The van der Waals surface area contributed by atoms with Gasteiger partial charge >= 0.3 is 6.03 Å². The number of rotatable bonds is 0. The van der Waals surface area contributed by atoms with Gasteiger partial charge in [0.1, 0.15) is 5.71 Å². The molecule has 1 saturated heterocycles. The molecule has 5 nitrogen and oxygen atoms in total. The molecular weight excluding hydrogens is 326 g/mol. The summed E-state index contributed by atoms with van der Waals surface area (Å²) in [5.41, 5.74) is 1.23. The molecule has 1 aromatic carbocycles. The van der Waals surface area contributed by atoms with E-state index in [9.17, 15) is 4.79 Å². The quantitative estimate of drug-likeness (QED) is 0.734. The van der Waals surface area contributed by atoms with Gasteiger partial charge < -0.3 is 10.2 Å². The number of urea groups is 1. The smallest absolute Gasteiger partial charge is 0.320 e. The van der Waals surface area contributed by atoms with Gasteiger partial charge in [0.05, 0.1) is 5.92 Å². The summed E-state index contributed by atoms with van der Waals surface area (Å²) in [6.07, 6.45) is 0.432. The lowest BCUT2D eigenvalue weighted by Crippen LogP contribution is -2.50. The number of nitrogens with zero attached hydrogens (tertiary/aromatic N) is 2. The van der Waals surface area contributed by atoms with Crippen molar-refractivity contribution in [2.24, 2.45) is 11.1 Å². The third-order valence-electron chi connectivity index (χ3n) is 3.84.